The van der Waals surface area contributed by atoms with Gasteiger partial charge in [0.25, 0.3) is 0 Å². The van der Waals surface area contributed by atoms with Gasteiger partial charge in [-0.3, -0.25) is 4.79 Å². The van der Waals surface area contributed by atoms with Crippen molar-refractivity contribution in [3.63, 3.8) is 0 Å². The molecule has 12 heteroatoms. The third-order valence-electron chi connectivity index (χ3n) is 5.59. The molecule has 2 aliphatic rings. The summed E-state index contributed by atoms with van der Waals surface area (Å²) >= 11 is 5.67. The highest BCUT2D eigenvalue weighted by Gasteiger charge is 2.45. The van der Waals surface area contributed by atoms with E-state index >= 15 is 0 Å². The highest BCUT2D eigenvalue weighted by molar-refractivity contribution is 6.31. The van der Waals surface area contributed by atoms with Crippen LogP contribution in [-0.4, -0.2) is 54.9 Å². The Hall–Kier alpha value is -2.14. The average molecular weight is 470 g/mol. The number of halogens is 6. The fourth-order valence-electron chi connectivity index (χ4n) is 3.80. The predicted molar refractivity (Wildman–Crippen MR) is 100 cm³/mol. The monoisotopic (exact) mass is 469 g/mol. The molecule has 4 atom stereocenters. The van der Waals surface area contributed by atoms with Crippen LogP contribution in [0.15, 0.2) is 12.1 Å². The molecule has 0 aliphatic carbocycles. The van der Waals surface area contributed by atoms with E-state index in [1.165, 1.54) is 11.8 Å². The second kappa shape index (κ2) is 9.15. The third-order valence-corrected chi connectivity index (χ3v) is 5.93. The Bertz CT molecular complexity index is 846. The number of nitrogens with one attached hydrogen (secondary N) is 2. The number of benzene rings is 1. The second-order valence-electron chi connectivity index (χ2n) is 7.55. The number of hydrogen-bond donors (Lipinski definition) is 2. The molecule has 2 aliphatic heterocycles. The van der Waals surface area contributed by atoms with Crippen LogP contribution < -0.4 is 10.6 Å². The van der Waals surface area contributed by atoms with Gasteiger partial charge in [-0.05, 0) is 25.8 Å². The van der Waals surface area contributed by atoms with Gasteiger partial charge in [0.05, 0.1) is 12.6 Å². The van der Waals surface area contributed by atoms with Gasteiger partial charge in [0.1, 0.15) is 22.7 Å². The molecular weight excluding hydrogens is 449 g/mol. The van der Waals surface area contributed by atoms with E-state index < -0.39 is 59.6 Å². The van der Waals surface area contributed by atoms with E-state index in [2.05, 4.69) is 10.6 Å². The van der Waals surface area contributed by atoms with Crippen LogP contribution in [0.1, 0.15) is 31.4 Å². The van der Waals surface area contributed by atoms with Crippen molar-refractivity contribution in [1.29, 1.82) is 0 Å². The van der Waals surface area contributed by atoms with Crippen LogP contribution in [-0.2, 0) is 9.53 Å². The lowest BCUT2D eigenvalue weighted by molar-refractivity contribution is -0.236. The van der Waals surface area contributed by atoms with Crippen molar-refractivity contribution in [3.8, 4) is 0 Å². The molecule has 1 aromatic carbocycles. The molecular formula is C19H21ClF5N3O3. The van der Waals surface area contributed by atoms with Crippen LogP contribution in [0.5, 0.6) is 0 Å². The van der Waals surface area contributed by atoms with E-state index in [9.17, 15) is 31.5 Å². The highest BCUT2D eigenvalue weighted by Crippen LogP contribution is 2.38. The summed E-state index contributed by atoms with van der Waals surface area (Å²) in [7, 11) is 0. The zero-order valence-electron chi connectivity index (χ0n) is 16.4. The Kier molecular flexibility index (Phi) is 6.95. The van der Waals surface area contributed by atoms with Crippen LogP contribution in [0.25, 0.3) is 0 Å². The minimum Gasteiger partial charge on any atom is -0.368 e. The Morgan fingerprint density at radius 3 is 2.65 bits per heavy atom. The quantitative estimate of drug-likeness (QED) is 0.525. The van der Waals surface area contributed by atoms with Crippen molar-refractivity contribution in [2.45, 2.75) is 44.1 Å². The van der Waals surface area contributed by atoms with Crippen LogP contribution in [0.4, 0.5) is 26.7 Å². The second-order valence-corrected chi connectivity index (χ2v) is 7.93. The number of urea groups is 1. The topological polar surface area (TPSA) is 70.7 Å². The van der Waals surface area contributed by atoms with Gasteiger partial charge >= 0.3 is 12.2 Å². The molecule has 3 amide bonds. The van der Waals surface area contributed by atoms with Crippen LogP contribution >= 0.6 is 11.6 Å². The van der Waals surface area contributed by atoms with Crippen LogP contribution in [0, 0.1) is 17.6 Å². The summed E-state index contributed by atoms with van der Waals surface area (Å²) in [5, 5.41) is 4.41. The minimum absolute atomic E-state index is 0.0282. The molecule has 2 saturated heterocycles. The predicted octanol–water partition coefficient (Wildman–Crippen LogP) is 3.55. The number of amides is 3. The normalized spacial score (nSPS) is 25.7. The third kappa shape index (κ3) is 5.03. The number of nitrogens with zero attached hydrogens (tertiary/aromatic N) is 1. The van der Waals surface area contributed by atoms with Gasteiger partial charge in [0.15, 0.2) is 6.10 Å². The number of carbonyl (C=O) groups is 2. The molecule has 0 aromatic heterocycles. The molecule has 3 rings (SSSR count). The number of rotatable bonds is 3. The van der Waals surface area contributed by atoms with Crippen molar-refractivity contribution >= 4 is 23.5 Å². The Labute approximate surface area is 180 Å². The molecule has 0 unspecified atom stereocenters. The zero-order valence-corrected chi connectivity index (χ0v) is 17.2. The molecule has 0 bridgehead atoms. The summed E-state index contributed by atoms with van der Waals surface area (Å²) in [6.07, 6.45) is -6.89. The Morgan fingerprint density at radius 2 is 2.03 bits per heavy atom. The van der Waals surface area contributed by atoms with E-state index in [-0.39, 0.29) is 37.4 Å². The zero-order chi connectivity index (χ0) is 22.9. The number of alkyl halides is 3. The maximum absolute atomic E-state index is 14.7. The van der Waals surface area contributed by atoms with Crippen molar-refractivity contribution in [2.75, 3.05) is 19.7 Å². The molecule has 0 spiro atoms. The number of piperazine rings is 1. The largest absolute Gasteiger partial charge is 0.414 e. The van der Waals surface area contributed by atoms with E-state index in [1.54, 1.807) is 0 Å². The summed E-state index contributed by atoms with van der Waals surface area (Å²) in [6.45, 7) is 1.52. The fraction of sp³-hybridized carbons (Fsp3) is 0.579. The van der Waals surface area contributed by atoms with E-state index in [0.717, 1.165) is 12.1 Å². The minimum atomic E-state index is -4.54. The van der Waals surface area contributed by atoms with Crippen molar-refractivity contribution in [1.82, 2.24) is 15.5 Å². The maximum atomic E-state index is 14.7. The molecule has 0 radical (unpaired) electrons. The van der Waals surface area contributed by atoms with Gasteiger partial charge in [0.2, 0.25) is 5.91 Å². The lowest BCUT2D eigenvalue weighted by Gasteiger charge is -2.38. The summed E-state index contributed by atoms with van der Waals surface area (Å²) < 4.78 is 72.1. The molecule has 6 nitrogen and oxygen atoms in total. The molecule has 1 aromatic rings. The first-order valence-corrected chi connectivity index (χ1v) is 10.0. The van der Waals surface area contributed by atoms with Gasteiger partial charge in [0, 0.05) is 24.6 Å². The highest BCUT2D eigenvalue weighted by atomic mass is 35.5. The molecule has 2 heterocycles. The van der Waals surface area contributed by atoms with Gasteiger partial charge < -0.3 is 20.3 Å². The average Bonchev–Trinajstić information content (AvgIpc) is 2.72. The van der Waals surface area contributed by atoms with Gasteiger partial charge in [-0.25, -0.2) is 13.6 Å². The summed E-state index contributed by atoms with van der Waals surface area (Å²) in [5.74, 6) is -3.23. The van der Waals surface area contributed by atoms with Gasteiger partial charge in [-0.2, -0.15) is 13.2 Å². The number of carbonyl (C=O) groups excluding carboxylic acids is 2. The van der Waals surface area contributed by atoms with Gasteiger partial charge in [-0.15, -0.1) is 0 Å². The molecule has 31 heavy (non-hydrogen) atoms. The summed E-state index contributed by atoms with van der Waals surface area (Å²) in [4.78, 5) is 25.9. The SMILES string of the molecule is C[C@@H]1C(=O)NCCN1C(=O)N[C@@H](c1ccc(F)c(Cl)c1F)[C@@H]1CC[C@@H](C(F)(F)F)OC1. The molecule has 0 saturated carbocycles. The first-order valence-electron chi connectivity index (χ1n) is 9.67. The maximum Gasteiger partial charge on any atom is 0.414 e. The Morgan fingerprint density at radius 1 is 1.32 bits per heavy atom. The molecule has 172 valence electrons. The van der Waals surface area contributed by atoms with Gasteiger partial charge in [-0.1, -0.05) is 17.7 Å². The van der Waals surface area contributed by atoms with Crippen molar-refractivity contribution in [3.05, 3.63) is 34.4 Å². The van der Waals surface area contributed by atoms with Crippen LogP contribution in [0.2, 0.25) is 5.02 Å². The molecule has 2 N–H and O–H groups in total. The summed E-state index contributed by atoms with van der Waals surface area (Å²) in [6, 6.07) is -0.640. The summed E-state index contributed by atoms with van der Waals surface area (Å²) in [5.41, 5.74) is -0.173. The lowest BCUT2D eigenvalue weighted by atomic mass is 9.86. The van der Waals surface area contributed by atoms with Crippen LogP contribution in [0.3, 0.4) is 0 Å². The van der Waals surface area contributed by atoms with Crippen molar-refractivity contribution < 1.29 is 36.3 Å². The molecule has 2 fully saturated rings. The van der Waals surface area contributed by atoms with E-state index in [4.69, 9.17) is 16.3 Å². The van der Waals surface area contributed by atoms with E-state index in [1.807, 2.05) is 0 Å². The van der Waals surface area contributed by atoms with E-state index in [0.29, 0.717) is 0 Å². The number of hydrogen-bond acceptors (Lipinski definition) is 3. The number of ether oxygens (including phenoxy) is 1. The fourth-order valence-corrected chi connectivity index (χ4v) is 3.97. The smallest absolute Gasteiger partial charge is 0.368 e. The first-order chi connectivity index (χ1) is 14.5. The Balaban J connectivity index is 1.86. The standard InChI is InChI=1S/C19H21ClF5N3O3/c1-9-17(29)26-6-7-28(9)18(30)27-16(11-3-4-12(21)14(20)15(11)22)10-2-5-13(31-8-10)19(23,24)25/h3-4,9-10,13,16H,2,5-8H2,1H3,(H,26,29)(H,27,30)/t9-,10-,13+,16-/m1/s1. The van der Waals surface area contributed by atoms with Crippen molar-refractivity contribution in [2.24, 2.45) is 5.92 Å². The first kappa shape index (κ1) is 23.5. The lowest BCUT2D eigenvalue weighted by Crippen LogP contribution is -2.59.